The smallest absolute Gasteiger partial charge is 0.158 e. The molecule has 1 aliphatic rings. The number of benzene rings is 1. The topological polar surface area (TPSA) is 51.8 Å². The van der Waals surface area contributed by atoms with E-state index in [4.69, 9.17) is 9.40 Å². The van der Waals surface area contributed by atoms with Crippen molar-refractivity contribution < 1.29 is 4.42 Å². The highest BCUT2D eigenvalue weighted by Gasteiger charge is 2.40. The Morgan fingerprint density at radius 2 is 1.69 bits per heavy atom. The normalized spacial score (nSPS) is 14.3. The third-order valence-corrected chi connectivity index (χ3v) is 6.10. The van der Waals surface area contributed by atoms with E-state index in [-0.39, 0.29) is 5.41 Å². The van der Waals surface area contributed by atoms with E-state index in [1.807, 2.05) is 42.9 Å². The molecule has 4 nitrogen and oxygen atoms in total. The van der Waals surface area contributed by atoms with Crippen molar-refractivity contribution in [2.75, 3.05) is 0 Å². The molecule has 4 heteroatoms. The molecule has 0 atom stereocenters. The molecule has 0 fully saturated rings. The van der Waals surface area contributed by atoms with Crippen molar-refractivity contribution in [1.82, 2.24) is 15.0 Å². The van der Waals surface area contributed by atoms with Gasteiger partial charge in [-0.05, 0) is 50.6 Å². The van der Waals surface area contributed by atoms with Gasteiger partial charge in [-0.2, -0.15) is 0 Å². The van der Waals surface area contributed by atoms with Crippen LogP contribution in [0.3, 0.4) is 0 Å². The first-order chi connectivity index (χ1) is 14.1. The molecule has 140 valence electrons. The van der Waals surface area contributed by atoms with Gasteiger partial charge in [0.1, 0.15) is 11.1 Å². The van der Waals surface area contributed by atoms with Gasteiger partial charge in [0, 0.05) is 51.6 Å². The monoisotopic (exact) mass is 377 g/mol. The Hall–Kier alpha value is -3.53. The first kappa shape index (κ1) is 16.4. The van der Waals surface area contributed by atoms with E-state index in [9.17, 15) is 0 Å². The van der Waals surface area contributed by atoms with Crippen LogP contribution in [-0.4, -0.2) is 15.0 Å². The van der Waals surface area contributed by atoms with E-state index >= 15 is 0 Å². The number of nitrogens with zero attached hydrogens (tertiary/aromatic N) is 3. The third-order valence-electron chi connectivity index (χ3n) is 6.10. The fourth-order valence-electron chi connectivity index (χ4n) is 4.75. The second-order valence-corrected chi connectivity index (χ2v) is 8.20. The summed E-state index contributed by atoms with van der Waals surface area (Å²) in [7, 11) is 0. The molecular weight excluding hydrogens is 358 g/mol. The van der Waals surface area contributed by atoms with E-state index in [1.165, 1.54) is 0 Å². The van der Waals surface area contributed by atoms with E-state index < -0.39 is 0 Å². The van der Waals surface area contributed by atoms with Gasteiger partial charge in [0.15, 0.2) is 5.58 Å². The fraction of sp³-hybridized carbons (Fsp3) is 0.160. The minimum Gasteiger partial charge on any atom is -0.453 e. The van der Waals surface area contributed by atoms with Gasteiger partial charge in [-0.3, -0.25) is 15.0 Å². The Morgan fingerprint density at radius 1 is 0.828 bits per heavy atom. The first-order valence-electron chi connectivity index (χ1n) is 9.80. The Bertz CT molecular complexity index is 1430. The van der Waals surface area contributed by atoms with E-state index in [2.05, 4.69) is 48.9 Å². The summed E-state index contributed by atoms with van der Waals surface area (Å²) in [5, 5.41) is 1.02. The molecule has 0 saturated heterocycles. The molecule has 0 aliphatic heterocycles. The van der Waals surface area contributed by atoms with Crippen LogP contribution in [0.15, 0.2) is 65.5 Å². The number of pyridine rings is 3. The maximum atomic E-state index is 6.60. The predicted octanol–water partition coefficient (Wildman–Crippen LogP) is 6.05. The number of hydrogen-bond acceptors (Lipinski definition) is 4. The van der Waals surface area contributed by atoms with Crippen molar-refractivity contribution in [3.8, 4) is 22.4 Å². The Kier molecular flexibility index (Phi) is 3.12. The van der Waals surface area contributed by atoms with Crippen LogP contribution >= 0.6 is 0 Å². The summed E-state index contributed by atoms with van der Waals surface area (Å²) in [6.45, 7) is 6.52. The van der Waals surface area contributed by atoms with Crippen LogP contribution in [0.4, 0.5) is 0 Å². The second kappa shape index (κ2) is 5.51. The molecule has 0 saturated carbocycles. The molecule has 0 N–H and O–H groups in total. The largest absolute Gasteiger partial charge is 0.453 e. The molecule has 29 heavy (non-hydrogen) atoms. The zero-order valence-corrected chi connectivity index (χ0v) is 16.5. The molecule has 6 rings (SSSR count). The molecule has 0 spiro atoms. The van der Waals surface area contributed by atoms with Crippen LogP contribution in [0.5, 0.6) is 0 Å². The molecule has 4 heterocycles. The highest BCUT2D eigenvalue weighted by atomic mass is 16.3. The van der Waals surface area contributed by atoms with Gasteiger partial charge in [0.05, 0.1) is 11.4 Å². The summed E-state index contributed by atoms with van der Waals surface area (Å²) < 4.78 is 6.60. The van der Waals surface area contributed by atoms with Crippen LogP contribution in [0, 0.1) is 6.92 Å². The van der Waals surface area contributed by atoms with Crippen molar-refractivity contribution in [1.29, 1.82) is 0 Å². The highest BCUT2D eigenvalue weighted by molar-refractivity contribution is 6.10. The molecule has 0 radical (unpaired) electrons. The lowest BCUT2D eigenvalue weighted by molar-refractivity contribution is 0.607. The lowest BCUT2D eigenvalue weighted by Gasteiger charge is -2.19. The lowest BCUT2D eigenvalue weighted by atomic mass is 9.85. The van der Waals surface area contributed by atoms with Crippen molar-refractivity contribution in [3.05, 3.63) is 77.9 Å². The predicted molar refractivity (Wildman–Crippen MR) is 115 cm³/mol. The summed E-state index contributed by atoms with van der Waals surface area (Å²) in [5.41, 5.74) is 9.92. The van der Waals surface area contributed by atoms with Gasteiger partial charge < -0.3 is 4.42 Å². The van der Waals surface area contributed by atoms with Crippen molar-refractivity contribution in [3.63, 3.8) is 0 Å². The average molecular weight is 377 g/mol. The molecule has 4 aromatic heterocycles. The van der Waals surface area contributed by atoms with Gasteiger partial charge in [-0.1, -0.05) is 18.2 Å². The molecule has 0 unspecified atom stereocenters. The standard InChI is InChI=1S/C25H19N3O/c1-14-9-10-16-21-23(29-22(16)19(14)18-8-4-5-11-26-18)20-17(13-28-21)15-7-6-12-27-24(15)25(20,2)3/h4-13H,1-3H3. The Morgan fingerprint density at radius 3 is 2.52 bits per heavy atom. The summed E-state index contributed by atoms with van der Waals surface area (Å²) in [5.74, 6) is 0. The zero-order valence-electron chi connectivity index (χ0n) is 16.5. The van der Waals surface area contributed by atoms with E-state index in [0.717, 1.165) is 61.3 Å². The molecule has 0 amide bonds. The number of hydrogen-bond donors (Lipinski definition) is 0. The molecule has 5 aromatic rings. The van der Waals surface area contributed by atoms with Crippen LogP contribution in [0.1, 0.15) is 30.7 Å². The van der Waals surface area contributed by atoms with Gasteiger partial charge in [0.2, 0.25) is 0 Å². The summed E-state index contributed by atoms with van der Waals surface area (Å²) in [6, 6.07) is 14.3. The van der Waals surface area contributed by atoms with Crippen molar-refractivity contribution >= 4 is 22.1 Å². The summed E-state index contributed by atoms with van der Waals surface area (Å²) in [6.07, 6.45) is 5.65. The van der Waals surface area contributed by atoms with Crippen molar-refractivity contribution in [2.24, 2.45) is 0 Å². The molecule has 0 bridgehead atoms. The summed E-state index contributed by atoms with van der Waals surface area (Å²) >= 11 is 0. The Balaban J connectivity index is 1.75. The lowest BCUT2D eigenvalue weighted by Crippen LogP contribution is -2.16. The number of fused-ring (bicyclic) bond motifs is 7. The maximum absolute atomic E-state index is 6.60. The van der Waals surface area contributed by atoms with Gasteiger partial charge in [-0.15, -0.1) is 0 Å². The third kappa shape index (κ3) is 2.06. The molecular formula is C25H19N3O. The van der Waals surface area contributed by atoms with Crippen LogP contribution in [0.2, 0.25) is 0 Å². The molecule has 1 aliphatic carbocycles. The fourth-order valence-corrected chi connectivity index (χ4v) is 4.75. The number of rotatable bonds is 1. The van der Waals surface area contributed by atoms with Gasteiger partial charge in [0.25, 0.3) is 0 Å². The second-order valence-electron chi connectivity index (χ2n) is 8.20. The van der Waals surface area contributed by atoms with Crippen LogP contribution in [-0.2, 0) is 5.41 Å². The minimum atomic E-state index is -0.249. The Labute approximate surface area is 168 Å². The first-order valence-corrected chi connectivity index (χ1v) is 9.80. The highest BCUT2D eigenvalue weighted by Crippen LogP contribution is 2.51. The average Bonchev–Trinajstić information content (AvgIpc) is 3.22. The van der Waals surface area contributed by atoms with Gasteiger partial charge >= 0.3 is 0 Å². The van der Waals surface area contributed by atoms with Crippen LogP contribution < -0.4 is 0 Å². The minimum absolute atomic E-state index is 0.249. The van der Waals surface area contributed by atoms with E-state index in [0.29, 0.717) is 0 Å². The number of aromatic nitrogens is 3. The molecule has 1 aromatic carbocycles. The van der Waals surface area contributed by atoms with Gasteiger partial charge in [-0.25, -0.2) is 0 Å². The zero-order chi connectivity index (χ0) is 19.8. The van der Waals surface area contributed by atoms with Crippen LogP contribution in [0.25, 0.3) is 44.5 Å². The SMILES string of the molecule is Cc1ccc2c(oc3c4c(cnc32)-c2cccnc2C4(C)C)c1-c1ccccn1. The van der Waals surface area contributed by atoms with Crippen molar-refractivity contribution in [2.45, 2.75) is 26.2 Å². The summed E-state index contributed by atoms with van der Waals surface area (Å²) in [4.78, 5) is 14.1. The number of furan rings is 1. The number of aryl methyl sites for hydroxylation is 1. The maximum Gasteiger partial charge on any atom is 0.158 e. The van der Waals surface area contributed by atoms with E-state index in [1.54, 1.807) is 0 Å². The quantitative estimate of drug-likeness (QED) is 0.357.